The van der Waals surface area contributed by atoms with Crippen LogP contribution >= 0.6 is 0 Å². The molecule has 2 fully saturated rings. The molecule has 2 bridgehead atoms. The maximum Gasteiger partial charge on any atom is 0.330 e. The number of rotatable bonds is 6. The Kier molecular flexibility index (Phi) is 4.81. The number of fused-ring (bicyclic) bond motifs is 2. The van der Waals surface area contributed by atoms with Gasteiger partial charge in [-0.25, -0.2) is 4.79 Å². The lowest BCUT2D eigenvalue weighted by Crippen LogP contribution is -2.36. The first-order valence-electron chi connectivity index (χ1n) is 7.27. The molecular formula is C15H25NO2. The summed E-state index contributed by atoms with van der Waals surface area (Å²) in [6.07, 6.45) is 9.12. The van der Waals surface area contributed by atoms with Crippen molar-refractivity contribution in [2.75, 3.05) is 13.2 Å². The van der Waals surface area contributed by atoms with E-state index in [1.165, 1.54) is 31.8 Å². The second-order valence-electron chi connectivity index (χ2n) is 5.69. The lowest BCUT2D eigenvalue weighted by Gasteiger charge is -2.28. The molecule has 3 nitrogen and oxygen atoms in total. The third-order valence-electron chi connectivity index (χ3n) is 4.53. The summed E-state index contributed by atoms with van der Waals surface area (Å²) in [5.41, 5.74) is 0. The van der Waals surface area contributed by atoms with Crippen molar-refractivity contribution in [3.8, 4) is 0 Å². The molecule has 4 unspecified atom stereocenters. The van der Waals surface area contributed by atoms with Crippen LogP contribution in [0.4, 0.5) is 0 Å². The minimum absolute atomic E-state index is 0.244. The molecule has 18 heavy (non-hydrogen) atoms. The lowest BCUT2D eigenvalue weighted by molar-refractivity contribution is -0.137. The van der Waals surface area contributed by atoms with Gasteiger partial charge in [0.25, 0.3) is 0 Å². The van der Waals surface area contributed by atoms with Gasteiger partial charge in [-0.1, -0.05) is 12.5 Å². The number of hydrogen-bond acceptors (Lipinski definition) is 3. The van der Waals surface area contributed by atoms with Gasteiger partial charge in [-0.2, -0.15) is 0 Å². The zero-order valence-electron chi connectivity index (χ0n) is 11.5. The number of nitrogens with one attached hydrogen (secondary N) is 1. The Hall–Kier alpha value is -0.830. The number of ether oxygens (including phenoxy) is 1. The van der Waals surface area contributed by atoms with Crippen LogP contribution in [-0.4, -0.2) is 25.2 Å². The summed E-state index contributed by atoms with van der Waals surface area (Å²) >= 11 is 0. The Morgan fingerprint density at radius 3 is 2.89 bits per heavy atom. The standard InChI is InChI=1S/C15H25NO2/c1-3-18-15(17)5-4-8-16-11(2)14-10-12-6-7-13(14)9-12/h4-5,11-14,16H,3,6-10H2,1-2H3/b5-4+. The highest BCUT2D eigenvalue weighted by Gasteiger charge is 2.41. The number of carbonyl (C=O) groups excluding carboxylic acids is 1. The smallest absolute Gasteiger partial charge is 0.330 e. The topological polar surface area (TPSA) is 38.3 Å². The van der Waals surface area contributed by atoms with Crippen LogP contribution in [0.25, 0.3) is 0 Å². The van der Waals surface area contributed by atoms with Gasteiger partial charge in [0.1, 0.15) is 0 Å². The summed E-state index contributed by atoms with van der Waals surface area (Å²) < 4.78 is 4.84. The molecular weight excluding hydrogens is 226 g/mol. The molecule has 0 spiro atoms. The van der Waals surface area contributed by atoms with Crippen molar-refractivity contribution in [2.45, 2.75) is 45.6 Å². The molecule has 0 saturated heterocycles. The average Bonchev–Trinajstić information content (AvgIpc) is 2.97. The quantitative estimate of drug-likeness (QED) is 0.582. The van der Waals surface area contributed by atoms with Crippen LogP contribution in [0.1, 0.15) is 39.5 Å². The van der Waals surface area contributed by atoms with Crippen molar-refractivity contribution in [1.29, 1.82) is 0 Å². The van der Waals surface area contributed by atoms with Crippen molar-refractivity contribution in [3.63, 3.8) is 0 Å². The first kappa shape index (κ1) is 13.6. The van der Waals surface area contributed by atoms with Crippen LogP contribution in [0.15, 0.2) is 12.2 Å². The molecule has 0 aromatic rings. The van der Waals surface area contributed by atoms with Crippen LogP contribution in [0.2, 0.25) is 0 Å². The summed E-state index contributed by atoms with van der Waals surface area (Å²) in [5.74, 6) is 2.55. The van der Waals surface area contributed by atoms with Crippen molar-refractivity contribution >= 4 is 5.97 Å². The maximum absolute atomic E-state index is 11.1. The van der Waals surface area contributed by atoms with E-state index in [9.17, 15) is 4.79 Å². The third kappa shape index (κ3) is 3.35. The number of hydrogen-bond donors (Lipinski definition) is 1. The first-order valence-corrected chi connectivity index (χ1v) is 7.27. The van der Waals surface area contributed by atoms with Gasteiger partial charge in [-0.05, 0) is 50.9 Å². The van der Waals surface area contributed by atoms with E-state index in [4.69, 9.17) is 4.74 Å². The van der Waals surface area contributed by atoms with Crippen molar-refractivity contribution < 1.29 is 9.53 Å². The summed E-state index contributed by atoms with van der Waals surface area (Å²) in [4.78, 5) is 11.1. The molecule has 2 rings (SSSR count). The molecule has 0 aliphatic heterocycles. The zero-order chi connectivity index (χ0) is 13.0. The predicted octanol–water partition coefficient (Wildman–Crippen LogP) is 2.52. The normalized spacial score (nSPS) is 32.0. The first-order chi connectivity index (χ1) is 8.70. The fraction of sp³-hybridized carbons (Fsp3) is 0.800. The van der Waals surface area contributed by atoms with Gasteiger partial charge in [0.05, 0.1) is 6.61 Å². The molecule has 102 valence electrons. The van der Waals surface area contributed by atoms with Gasteiger partial charge in [0.15, 0.2) is 0 Å². The Morgan fingerprint density at radius 2 is 2.28 bits per heavy atom. The minimum Gasteiger partial charge on any atom is -0.463 e. The molecule has 2 aliphatic carbocycles. The maximum atomic E-state index is 11.1. The molecule has 0 radical (unpaired) electrons. The number of carbonyl (C=O) groups is 1. The van der Waals surface area contributed by atoms with Crippen LogP contribution in [0.5, 0.6) is 0 Å². The van der Waals surface area contributed by atoms with Crippen molar-refractivity contribution in [2.24, 2.45) is 17.8 Å². The van der Waals surface area contributed by atoms with E-state index in [-0.39, 0.29) is 5.97 Å². The summed E-state index contributed by atoms with van der Waals surface area (Å²) in [6.45, 7) is 5.30. The third-order valence-corrected chi connectivity index (χ3v) is 4.53. The highest BCUT2D eigenvalue weighted by molar-refractivity contribution is 5.81. The molecule has 0 heterocycles. The van der Waals surface area contributed by atoms with Gasteiger partial charge in [-0.15, -0.1) is 0 Å². The molecule has 2 saturated carbocycles. The minimum atomic E-state index is -0.244. The molecule has 3 heteroatoms. The highest BCUT2D eigenvalue weighted by atomic mass is 16.5. The average molecular weight is 251 g/mol. The molecule has 4 atom stereocenters. The van der Waals surface area contributed by atoms with Crippen LogP contribution < -0.4 is 5.32 Å². The van der Waals surface area contributed by atoms with E-state index >= 15 is 0 Å². The molecule has 0 aromatic heterocycles. The summed E-state index contributed by atoms with van der Waals surface area (Å²) in [5, 5.41) is 3.51. The van der Waals surface area contributed by atoms with Crippen molar-refractivity contribution in [3.05, 3.63) is 12.2 Å². The largest absolute Gasteiger partial charge is 0.463 e. The highest BCUT2D eigenvalue weighted by Crippen LogP contribution is 2.49. The van der Waals surface area contributed by atoms with Gasteiger partial charge >= 0.3 is 5.97 Å². The van der Waals surface area contributed by atoms with E-state index in [1.54, 1.807) is 0 Å². The van der Waals surface area contributed by atoms with Crippen LogP contribution in [-0.2, 0) is 9.53 Å². The monoisotopic (exact) mass is 251 g/mol. The van der Waals surface area contributed by atoms with Gasteiger partial charge < -0.3 is 10.1 Å². The fourth-order valence-electron chi connectivity index (χ4n) is 3.66. The molecule has 0 aromatic carbocycles. The van der Waals surface area contributed by atoms with E-state index < -0.39 is 0 Å². The van der Waals surface area contributed by atoms with Gasteiger partial charge in [-0.3, -0.25) is 0 Å². The van der Waals surface area contributed by atoms with E-state index in [0.29, 0.717) is 12.6 Å². The fourth-order valence-corrected chi connectivity index (χ4v) is 3.66. The second-order valence-corrected chi connectivity index (χ2v) is 5.69. The lowest BCUT2D eigenvalue weighted by atomic mass is 9.84. The summed E-state index contributed by atoms with van der Waals surface area (Å²) in [6, 6.07) is 0.562. The van der Waals surface area contributed by atoms with Crippen LogP contribution in [0.3, 0.4) is 0 Å². The number of esters is 1. The Morgan fingerprint density at radius 1 is 1.44 bits per heavy atom. The van der Waals surface area contributed by atoms with Gasteiger partial charge in [0.2, 0.25) is 0 Å². The van der Waals surface area contributed by atoms with Crippen molar-refractivity contribution in [1.82, 2.24) is 5.32 Å². The Labute approximate surface area is 110 Å². The SMILES string of the molecule is CCOC(=O)/C=C/CNC(C)C1CC2CCC1C2. The zero-order valence-corrected chi connectivity index (χ0v) is 11.5. The molecule has 0 amide bonds. The Balaban J connectivity index is 1.66. The van der Waals surface area contributed by atoms with E-state index in [2.05, 4.69) is 12.2 Å². The Bertz CT molecular complexity index is 314. The predicted molar refractivity (Wildman–Crippen MR) is 72.2 cm³/mol. The second kappa shape index (κ2) is 6.37. The van der Waals surface area contributed by atoms with E-state index in [0.717, 1.165) is 24.3 Å². The van der Waals surface area contributed by atoms with Gasteiger partial charge in [0, 0.05) is 18.7 Å². The molecule has 1 N–H and O–H groups in total. The molecule has 2 aliphatic rings. The van der Waals surface area contributed by atoms with Crippen LogP contribution in [0, 0.1) is 17.8 Å². The van der Waals surface area contributed by atoms with E-state index in [1.807, 2.05) is 13.0 Å². The summed E-state index contributed by atoms with van der Waals surface area (Å²) in [7, 11) is 0.